The van der Waals surface area contributed by atoms with Crippen LogP contribution >= 0.6 is 11.6 Å². The number of pyridine rings is 1. The van der Waals surface area contributed by atoms with Crippen molar-refractivity contribution in [2.24, 2.45) is 10.7 Å². The molecule has 2 unspecified atom stereocenters. The van der Waals surface area contributed by atoms with Crippen LogP contribution in [0.4, 0.5) is 13.2 Å². The number of carbonyl (C=O) groups is 1. The molecule has 4 nitrogen and oxygen atoms in total. The number of rotatable bonds is 3. The molecule has 1 aliphatic heterocycles. The average molecular weight is 394 g/mol. The molecule has 1 aromatic carbocycles. The highest BCUT2D eigenvalue weighted by Crippen LogP contribution is 2.39. The van der Waals surface area contributed by atoms with Gasteiger partial charge in [-0.15, -0.1) is 0 Å². The van der Waals surface area contributed by atoms with Crippen molar-refractivity contribution in [2.45, 2.75) is 24.6 Å². The van der Waals surface area contributed by atoms with E-state index in [1.807, 2.05) is 0 Å². The first kappa shape index (κ1) is 19.1. The van der Waals surface area contributed by atoms with E-state index in [1.54, 1.807) is 42.6 Å². The molecular weight excluding hydrogens is 379 g/mol. The Bertz CT molecular complexity index is 941. The van der Waals surface area contributed by atoms with E-state index >= 15 is 0 Å². The largest absolute Gasteiger partial charge is 0.432 e. The fourth-order valence-corrected chi connectivity index (χ4v) is 3.35. The summed E-state index contributed by atoms with van der Waals surface area (Å²) < 4.78 is 39.0. The van der Waals surface area contributed by atoms with Crippen molar-refractivity contribution in [3.8, 4) is 11.3 Å². The van der Waals surface area contributed by atoms with Gasteiger partial charge in [-0.25, -0.2) is 0 Å². The Morgan fingerprint density at radius 1 is 1.26 bits per heavy atom. The molecule has 140 valence electrons. The molecule has 2 atom stereocenters. The first-order valence-corrected chi connectivity index (χ1v) is 8.39. The molecule has 0 fully saturated rings. The Morgan fingerprint density at radius 2 is 2.00 bits per heavy atom. The number of aliphatic imine (C=N–C) groups is 1. The lowest BCUT2D eigenvalue weighted by atomic mass is 9.72. The highest BCUT2D eigenvalue weighted by molar-refractivity contribution is 6.33. The molecule has 0 radical (unpaired) electrons. The summed E-state index contributed by atoms with van der Waals surface area (Å²) in [7, 11) is 0. The Labute approximate surface area is 158 Å². The highest BCUT2D eigenvalue weighted by atomic mass is 35.5. The van der Waals surface area contributed by atoms with Gasteiger partial charge in [-0.1, -0.05) is 29.8 Å². The van der Waals surface area contributed by atoms with Crippen molar-refractivity contribution >= 4 is 23.2 Å². The minimum Gasteiger partial charge on any atom is -0.369 e. The van der Waals surface area contributed by atoms with Crippen LogP contribution in [0.3, 0.4) is 0 Å². The van der Waals surface area contributed by atoms with Crippen LogP contribution in [0.1, 0.15) is 12.5 Å². The standard InChI is InChI=1S/C19H15ClF3N3O/c1-11-18(17(24)27,8-7-16(26-11)19(21,22)23)12-5-6-14(20)13(10-12)15-4-2-3-9-25-15/h2-11H,1H3,(H2,24,27). The summed E-state index contributed by atoms with van der Waals surface area (Å²) in [6, 6.07) is 8.95. The van der Waals surface area contributed by atoms with Gasteiger partial charge in [0.2, 0.25) is 5.91 Å². The van der Waals surface area contributed by atoms with Crippen LogP contribution in [-0.4, -0.2) is 28.8 Å². The molecule has 0 saturated heterocycles. The zero-order chi connectivity index (χ0) is 19.8. The Balaban J connectivity index is 2.15. The van der Waals surface area contributed by atoms with Gasteiger partial charge in [0.15, 0.2) is 0 Å². The number of primary amides is 1. The van der Waals surface area contributed by atoms with Gasteiger partial charge in [-0.3, -0.25) is 14.8 Å². The lowest BCUT2D eigenvalue weighted by molar-refractivity contribution is -0.122. The SMILES string of the molecule is CC1N=C(C(F)(F)F)C=CC1(C(N)=O)c1ccc(Cl)c(-c2ccccn2)c1. The molecule has 3 rings (SSSR count). The third-order valence-corrected chi connectivity index (χ3v) is 4.91. The van der Waals surface area contributed by atoms with Crippen molar-refractivity contribution in [1.29, 1.82) is 0 Å². The quantitative estimate of drug-likeness (QED) is 0.853. The zero-order valence-corrected chi connectivity index (χ0v) is 14.9. The van der Waals surface area contributed by atoms with Crippen LogP contribution in [0.2, 0.25) is 5.02 Å². The number of carbonyl (C=O) groups excluding carboxylic acids is 1. The van der Waals surface area contributed by atoms with Gasteiger partial charge >= 0.3 is 6.18 Å². The number of hydrogen-bond donors (Lipinski definition) is 1. The van der Waals surface area contributed by atoms with Crippen LogP contribution in [0, 0.1) is 0 Å². The van der Waals surface area contributed by atoms with Gasteiger partial charge < -0.3 is 5.73 Å². The van der Waals surface area contributed by atoms with E-state index in [0.29, 0.717) is 21.8 Å². The number of alkyl halides is 3. The molecule has 8 heteroatoms. The number of allylic oxidation sites excluding steroid dienone is 1. The van der Waals surface area contributed by atoms with Crippen molar-refractivity contribution in [1.82, 2.24) is 4.98 Å². The second-order valence-corrected chi connectivity index (χ2v) is 6.57. The number of hydrogen-bond acceptors (Lipinski definition) is 3. The van der Waals surface area contributed by atoms with E-state index in [0.717, 1.165) is 6.08 Å². The monoisotopic (exact) mass is 393 g/mol. The third-order valence-electron chi connectivity index (χ3n) is 4.58. The van der Waals surface area contributed by atoms with Crippen LogP contribution in [0.25, 0.3) is 11.3 Å². The fraction of sp³-hybridized carbons (Fsp3) is 0.211. The van der Waals surface area contributed by atoms with E-state index in [9.17, 15) is 18.0 Å². The van der Waals surface area contributed by atoms with Gasteiger partial charge in [0.05, 0.1) is 11.7 Å². The molecule has 1 amide bonds. The average Bonchev–Trinajstić information content (AvgIpc) is 2.62. The van der Waals surface area contributed by atoms with Crippen molar-refractivity contribution < 1.29 is 18.0 Å². The Morgan fingerprint density at radius 3 is 2.56 bits per heavy atom. The number of amides is 1. The number of dihydropyridines is 1. The first-order chi connectivity index (χ1) is 12.7. The second-order valence-electron chi connectivity index (χ2n) is 6.16. The molecule has 1 aliphatic rings. The normalized spacial score (nSPS) is 22.4. The van der Waals surface area contributed by atoms with Crippen LogP contribution in [-0.2, 0) is 10.2 Å². The Hall–Kier alpha value is -2.67. The van der Waals surface area contributed by atoms with E-state index in [-0.39, 0.29) is 0 Å². The molecule has 0 aliphatic carbocycles. The number of benzene rings is 1. The van der Waals surface area contributed by atoms with Gasteiger partial charge in [0, 0.05) is 16.8 Å². The number of halogens is 4. The maximum atomic E-state index is 13.0. The van der Waals surface area contributed by atoms with Crippen molar-refractivity contribution in [3.63, 3.8) is 0 Å². The lowest BCUT2D eigenvalue weighted by Gasteiger charge is -2.35. The minimum atomic E-state index is -4.60. The molecule has 2 N–H and O–H groups in total. The third kappa shape index (κ3) is 3.35. The maximum absolute atomic E-state index is 13.0. The molecule has 1 aromatic heterocycles. The predicted molar refractivity (Wildman–Crippen MR) is 97.6 cm³/mol. The van der Waals surface area contributed by atoms with Gasteiger partial charge in [0.25, 0.3) is 0 Å². The first-order valence-electron chi connectivity index (χ1n) is 8.02. The summed E-state index contributed by atoms with van der Waals surface area (Å²) in [4.78, 5) is 20.3. The van der Waals surface area contributed by atoms with Gasteiger partial charge in [0.1, 0.15) is 11.1 Å². The number of nitrogens with zero attached hydrogens (tertiary/aromatic N) is 2. The molecule has 0 bridgehead atoms. The summed E-state index contributed by atoms with van der Waals surface area (Å²) >= 11 is 6.26. The van der Waals surface area contributed by atoms with Crippen molar-refractivity contribution in [2.75, 3.05) is 0 Å². The van der Waals surface area contributed by atoms with E-state index < -0.39 is 29.3 Å². The lowest BCUT2D eigenvalue weighted by Crippen LogP contribution is -2.49. The summed E-state index contributed by atoms with van der Waals surface area (Å²) in [5, 5.41) is 0.393. The molecular formula is C19H15ClF3N3O. The smallest absolute Gasteiger partial charge is 0.369 e. The van der Waals surface area contributed by atoms with E-state index in [2.05, 4.69) is 9.98 Å². The van der Waals surface area contributed by atoms with E-state index in [1.165, 1.54) is 13.0 Å². The van der Waals surface area contributed by atoms with Crippen LogP contribution in [0.5, 0.6) is 0 Å². The number of nitrogens with two attached hydrogens (primary N) is 1. The fourth-order valence-electron chi connectivity index (χ4n) is 3.14. The number of aromatic nitrogens is 1. The van der Waals surface area contributed by atoms with Crippen molar-refractivity contribution in [3.05, 3.63) is 65.3 Å². The molecule has 0 saturated carbocycles. The van der Waals surface area contributed by atoms with Gasteiger partial charge in [-0.2, -0.15) is 13.2 Å². The van der Waals surface area contributed by atoms with Crippen LogP contribution in [0.15, 0.2) is 59.7 Å². The van der Waals surface area contributed by atoms with Gasteiger partial charge in [-0.05, 0) is 42.8 Å². The molecule has 0 spiro atoms. The zero-order valence-electron chi connectivity index (χ0n) is 14.2. The summed E-state index contributed by atoms with van der Waals surface area (Å²) in [5.74, 6) is -0.800. The molecule has 27 heavy (non-hydrogen) atoms. The minimum absolute atomic E-state index is 0.393. The molecule has 2 heterocycles. The summed E-state index contributed by atoms with van der Waals surface area (Å²) in [6.07, 6.45) is -1.06. The Kier molecular flexibility index (Phi) is 4.82. The van der Waals surface area contributed by atoms with E-state index in [4.69, 9.17) is 17.3 Å². The topological polar surface area (TPSA) is 68.3 Å². The highest BCUT2D eigenvalue weighted by Gasteiger charge is 2.47. The summed E-state index contributed by atoms with van der Waals surface area (Å²) in [5.41, 5.74) is 4.55. The summed E-state index contributed by atoms with van der Waals surface area (Å²) in [6.45, 7) is 1.43. The van der Waals surface area contributed by atoms with Crippen LogP contribution < -0.4 is 5.73 Å². The molecule has 2 aromatic rings. The second kappa shape index (κ2) is 6.81. The maximum Gasteiger partial charge on any atom is 0.432 e. The predicted octanol–water partition coefficient (Wildman–Crippen LogP) is 4.09.